The van der Waals surface area contributed by atoms with E-state index in [9.17, 15) is 9.59 Å². The average Bonchev–Trinajstić information content (AvgIpc) is 2.90. The van der Waals surface area contributed by atoms with E-state index in [1.54, 1.807) is 16.7 Å². The Balaban J connectivity index is 1.75. The Morgan fingerprint density at radius 1 is 1.42 bits per heavy atom. The van der Waals surface area contributed by atoms with Crippen LogP contribution >= 0.6 is 11.8 Å². The normalized spacial score (nSPS) is 16.2. The van der Waals surface area contributed by atoms with Crippen LogP contribution in [0.3, 0.4) is 0 Å². The summed E-state index contributed by atoms with van der Waals surface area (Å²) < 4.78 is 1.64. The van der Waals surface area contributed by atoms with Crippen molar-refractivity contribution in [1.29, 1.82) is 0 Å². The van der Waals surface area contributed by atoms with Gasteiger partial charge in [-0.15, -0.1) is 0 Å². The summed E-state index contributed by atoms with van der Waals surface area (Å²) in [5, 5.41) is 3.50. The summed E-state index contributed by atoms with van der Waals surface area (Å²) in [6.45, 7) is 5.90. The fourth-order valence-electron chi connectivity index (χ4n) is 2.64. The topological polar surface area (TPSA) is 76.9 Å². The van der Waals surface area contributed by atoms with Gasteiger partial charge in [-0.2, -0.15) is 0 Å². The molecule has 1 atom stereocenters. The van der Waals surface area contributed by atoms with E-state index in [-0.39, 0.29) is 29.8 Å². The lowest BCUT2D eigenvalue weighted by atomic mass is 10.1. The van der Waals surface area contributed by atoms with Crippen molar-refractivity contribution < 1.29 is 4.79 Å². The highest BCUT2D eigenvalue weighted by atomic mass is 32.2. The fourth-order valence-corrected chi connectivity index (χ4v) is 3.79. The minimum Gasteiger partial charge on any atom is -0.311 e. The molecule has 3 heterocycles. The molecule has 2 aromatic heterocycles. The van der Waals surface area contributed by atoms with Crippen LogP contribution in [0, 0.1) is 6.92 Å². The average molecular weight is 344 g/mol. The van der Waals surface area contributed by atoms with E-state index >= 15 is 0 Å². The number of nitrogens with zero attached hydrogens (tertiary/aromatic N) is 3. The molecule has 0 bridgehead atoms. The molecule has 2 aromatic rings. The maximum absolute atomic E-state index is 12.4. The molecule has 1 unspecified atom stereocenters. The van der Waals surface area contributed by atoms with Gasteiger partial charge in [0.15, 0.2) is 5.16 Å². The van der Waals surface area contributed by atoms with Gasteiger partial charge < -0.3 is 5.32 Å². The van der Waals surface area contributed by atoms with Crippen LogP contribution in [-0.2, 0) is 4.79 Å². The van der Waals surface area contributed by atoms with Crippen LogP contribution in [0.4, 0.5) is 5.82 Å². The molecule has 1 aliphatic rings. The Morgan fingerprint density at radius 3 is 2.92 bits per heavy atom. The number of thioether (sulfide) groups is 1. The van der Waals surface area contributed by atoms with Crippen LogP contribution in [0.5, 0.6) is 0 Å². The fraction of sp³-hybridized carbons (Fsp3) is 0.412. The second-order valence-corrected chi connectivity index (χ2v) is 7.20. The summed E-state index contributed by atoms with van der Waals surface area (Å²) in [4.78, 5) is 33.5. The molecule has 0 saturated heterocycles. The number of carbonyl (C=O) groups is 1. The molecule has 0 saturated carbocycles. The van der Waals surface area contributed by atoms with E-state index in [4.69, 9.17) is 0 Å². The molecule has 0 aliphatic carbocycles. The Bertz CT molecular complexity index is 832. The van der Waals surface area contributed by atoms with Crippen LogP contribution in [0.2, 0.25) is 0 Å². The lowest BCUT2D eigenvalue weighted by Crippen LogP contribution is -2.28. The van der Waals surface area contributed by atoms with E-state index in [1.807, 2.05) is 32.9 Å². The van der Waals surface area contributed by atoms with Crippen molar-refractivity contribution in [3.8, 4) is 0 Å². The number of amides is 1. The van der Waals surface area contributed by atoms with Crippen molar-refractivity contribution in [2.45, 2.75) is 44.3 Å². The van der Waals surface area contributed by atoms with E-state index < -0.39 is 0 Å². The summed E-state index contributed by atoms with van der Waals surface area (Å²) in [6, 6.07) is 6.88. The Morgan fingerprint density at radius 2 is 2.21 bits per heavy atom. The van der Waals surface area contributed by atoms with E-state index in [1.165, 1.54) is 11.8 Å². The molecule has 24 heavy (non-hydrogen) atoms. The van der Waals surface area contributed by atoms with Gasteiger partial charge in [-0.3, -0.25) is 14.2 Å². The molecule has 126 valence electrons. The molecule has 1 amide bonds. The Hall–Kier alpha value is -2.15. The molecule has 6 nitrogen and oxygen atoms in total. The zero-order chi connectivity index (χ0) is 17.3. The Kier molecular flexibility index (Phi) is 4.71. The van der Waals surface area contributed by atoms with Gasteiger partial charge in [-0.05, 0) is 25.0 Å². The minimum absolute atomic E-state index is 0.0832. The van der Waals surface area contributed by atoms with Crippen molar-refractivity contribution >= 4 is 23.5 Å². The Labute approximate surface area is 144 Å². The zero-order valence-electron chi connectivity index (χ0n) is 13.9. The first kappa shape index (κ1) is 16.7. The van der Waals surface area contributed by atoms with Crippen molar-refractivity contribution in [3.63, 3.8) is 0 Å². The van der Waals surface area contributed by atoms with E-state index in [2.05, 4.69) is 15.3 Å². The second-order valence-electron chi connectivity index (χ2n) is 6.21. The molecule has 0 spiro atoms. The van der Waals surface area contributed by atoms with E-state index in [0.717, 1.165) is 11.4 Å². The molecular formula is C17H20N4O2S. The number of pyridine rings is 1. The molecule has 1 aliphatic heterocycles. The maximum Gasteiger partial charge on any atom is 0.254 e. The molecule has 3 rings (SSSR count). The summed E-state index contributed by atoms with van der Waals surface area (Å²) in [5.41, 5.74) is 1.56. The summed E-state index contributed by atoms with van der Waals surface area (Å²) in [5.74, 6) is 1.27. The quantitative estimate of drug-likeness (QED) is 0.863. The number of hydrogen-bond donors (Lipinski definition) is 1. The summed E-state index contributed by atoms with van der Waals surface area (Å²) in [6.07, 6.45) is 0.234. The molecule has 7 heteroatoms. The first-order valence-corrected chi connectivity index (χ1v) is 8.92. The second kappa shape index (κ2) is 6.76. The molecule has 1 N–H and O–H groups in total. The first-order valence-electron chi connectivity index (χ1n) is 7.94. The predicted molar refractivity (Wildman–Crippen MR) is 94.6 cm³/mol. The number of nitrogens with one attached hydrogen (secondary N) is 1. The highest BCUT2D eigenvalue weighted by Gasteiger charge is 2.28. The third kappa shape index (κ3) is 3.51. The lowest BCUT2D eigenvalue weighted by Gasteiger charge is -2.14. The number of fused-ring (bicyclic) bond motifs is 1. The zero-order valence-corrected chi connectivity index (χ0v) is 14.8. The highest BCUT2D eigenvalue weighted by molar-refractivity contribution is 7.99. The predicted octanol–water partition coefficient (Wildman–Crippen LogP) is 2.75. The van der Waals surface area contributed by atoms with Gasteiger partial charge in [-0.25, -0.2) is 9.97 Å². The van der Waals surface area contributed by atoms with Gasteiger partial charge in [0.25, 0.3) is 5.56 Å². The third-order valence-corrected chi connectivity index (χ3v) is 4.98. The van der Waals surface area contributed by atoms with Gasteiger partial charge in [0.1, 0.15) is 5.82 Å². The number of anilines is 1. The largest absolute Gasteiger partial charge is 0.311 e. The smallest absolute Gasteiger partial charge is 0.254 e. The van der Waals surface area contributed by atoms with Gasteiger partial charge in [-0.1, -0.05) is 31.7 Å². The van der Waals surface area contributed by atoms with Crippen molar-refractivity contribution in [2.75, 3.05) is 11.1 Å². The summed E-state index contributed by atoms with van der Waals surface area (Å²) in [7, 11) is 0. The molecular weight excluding hydrogens is 324 g/mol. The van der Waals surface area contributed by atoms with Crippen LogP contribution in [-0.4, -0.2) is 26.2 Å². The molecule has 0 aromatic carbocycles. The van der Waals surface area contributed by atoms with Crippen molar-refractivity contribution in [1.82, 2.24) is 14.5 Å². The van der Waals surface area contributed by atoms with Crippen molar-refractivity contribution in [3.05, 3.63) is 46.0 Å². The SMILES string of the molecule is Cc1cccc(NC(=O)CC2CSc3nc(C(C)C)cc(=O)n32)n1. The van der Waals surface area contributed by atoms with Crippen LogP contribution in [0.25, 0.3) is 0 Å². The van der Waals surface area contributed by atoms with Crippen LogP contribution in [0.15, 0.2) is 34.2 Å². The molecule has 0 fully saturated rings. The molecule has 0 radical (unpaired) electrons. The van der Waals surface area contributed by atoms with Gasteiger partial charge in [0, 0.05) is 23.9 Å². The highest BCUT2D eigenvalue weighted by Crippen LogP contribution is 2.32. The number of aromatic nitrogens is 3. The lowest BCUT2D eigenvalue weighted by molar-refractivity contribution is -0.116. The number of carbonyl (C=O) groups excluding carboxylic acids is 1. The number of hydrogen-bond acceptors (Lipinski definition) is 5. The summed E-state index contributed by atoms with van der Waals surface area (Å²) >= 11 is 1.53. The standard InChI is InChI=1S/C17H20N4O2S/c1-10(2)13-8-16(23)21-12(9-24-17(21)19-13)7-15(22)20-14-6-4-5-11(3)18-14/h4-6,8,10,12H,7,9H2,1-3H3,(H,18,20,22). The maximum atomic E-state index is 12.4. The third-order valence-electron chi connectivity index (χ3n) is 3.88. The van der Waals surface area contributed by atoms with Crippen LogP contribution in [0.1, 0.15) is 43.6 Å². The minimum atomic E-state index is -0.170. The van der Waals surface area contributed by atoms with E-state index in [0.29, 0.717) is 16.7 Å². The van der Waals surface area contributed by atoms with Crippen molar-refractivity contribution in [2.24, 2.45) is 0 Å². The number of aryl methyl sites for hydroxylation is 1. The first-order chi connectivity index (χ1) is 11.4. The van der Waals surface area contributed by atoms with Gasteiger partial charge >= 0.3 is 0 Å². The van der Waals surface area contributed by atoms with Gasteiger partial charge in [0.05, 0.1) is 11.7 Å². The van der Waals surface area contributed by atoms with Crippen LogP contribution < -0.4 is 10.9 Å². The monoisotopic (exact) mass is 344 g/mol. The van der Waals surface area contributed by atoms with Gasteiger partial charge in [0.2, 0.25) is 5.91 Å². The number of rotatable bonds is 4.